The molecule has 0 spiro atoms. The minimum absolute atomic E-state index is 0.244. The van der Waals surface area contributed by atoms with Gasteiger partial charge in [-0.1, -0.05) is 0 Å². The minimum Gasteiger partial charge on any atom is -0.459 e. The van der Waals surface area contributed by atoms with Crippen molar-refractivity contribution in [2.24, 2.45) is 0 Å². The normalized spacial score (nSPS) is 26.7. The molecule has 1 fully saturated rings. The number of rotatable bonds is 2. The fourth-order valence-electron chi connectivity index (χ4n) is 2.61. The summed E-state index contributed by atoms with van der Waals surface area (Å²) in [6.07, 6.45) is 0.993. The quantitative estimate of drug-likeness (QED) is 0.621. The van der Waals surface area contributed by atoms with Gasteiger partial charge in [0.1, 0.15) is 6.10 Å². The number of benzene rings is 1. The number of carbonyl (C=O) groups excluding carboxylic acids is 1. The lowest BCUT2D eigenvalue weighted by Gasteiger charge is -2.39. The van der Waals surface area contributed by atoms with Crippen molar-refractivity contribution in [2.45, 2.75) is 44.9 Å². The van der Waals surface area contributed by atoms with Crippen molar-refractivity contribution in [3.63, 3.8) is 0 Å². The first kappa shape index (κ1) is 15.8. The van der Waals surface area contributed by atoms with Crippen LogP contribution in [0.4, 0.5) is 13.2 Å². The zero-order valence-corrected chi connectivity index (χ0v) is 12.2. The Bertz CT molecular complexity index is 515. The third-order valence-electron chi connectivity index (χ3n) is 4.09. The molecule has 0 aromatic heterocycles. The van der Waals surface area contributed by atoms with Gasteiger partial charge in [0, 0.05) is 12.1 Å². The minimum atomic E-state index is -1.59. The van der Waals surface area contributed by atoms with Crippen molar-refractivity contribution in [3.05, 3.63) is 35.1 Å². The van der Waals surface area contributed by atoms with Crippen LogP contribution in [0, 0.1) is 17.5 Å². The van der Waals surface area contributed by atoms with E-state index in [0.29, 0.717) is 25.0 Å². The van der Waals surface area contributed by atoms with Gasteiger partial charge in [0.15, 0.2) is 17.5 Å². The number of halogens is 3. The maximum Gasteiger partial charge on any atom is 0.338 e. The zero-order chi connectivity index (χ0) is 15.7. The number of likely N-dealkylation sites (tertiary alicyclic amines) is 1. The highest BCUT2D eigenvalue weighted by atomic mass is 19.2. The molecule has 0 N–H and O–H groups in total. The average Bonchev–Trinajstić information content (AvgIpc) is 2.41. The number of nitrogens with zero attached hydrogens (tertiary/aromatic N) is 1. The molecule has 6 heteroatoms. The molecule has 0 radical (unpaired) electrons. The van der Waals surface area contributed by atoms with Crippen molar-refractivity contribution in [1.29, 1.82) is 0 Å². The van der Waals surface area contributed by atoms with Crippen molar-refractivity contribution >= 4 is 5.97 Å². The number of carbonyl (C=O) groups is 1. The number of hydrogen-bond donors (Lipinski definition) is 0. The van der Waals surface area contributed by atoms with E-state index < -0.39 is 23.4 Å². The fourth-order valence-corrected chi connectivity index (χ4v) is 2.61. The van der Waals surface area contributed by atoms with Crippen molar-refractivity contribution in [3.8, 4) is 0 Å². The van der Waals surface area contributed by atoms with Crippen LogP contribution in [0.15, 0.2) is 12.1 Å². The van der Waals surface area contributed by atoms with Crippen LogP contribution in [-0.4, -0.2) is 36.1 Å². The van der Waals surface area contributed by atoms with Gasteiger partial charge >= 0.3 is 5.97 Å². The number of ether oxygens (including phenoxy) is 1. The lowest BCUT2D eigenvalue weighted by Crippen LogP contribution is -2.46. The molecule has 1 heterocycles. The molecule has 116 valence electrons. The molecule has 1 aliphatic rings. The van der Waals surface area contributed by atoms with Gasteiger partial charge in [0.2, 0.25) is 0 Å². The van der Waals surface area contributed by atoms with E-state index in [4.69, 9.17) is 4.74 Å². The molecule has 2 rings (SSSR count). The van der Waals surface area contributed by atoms with Crippen LogP contribution in [0.2, 0.25) is 0 Å². The molecule has 0 aliphatic carbocycles. The van der Waals surface area contributed by atoms with E-state index in [9.17, 15) is 18.0 Å². The Kier molecular flexibility index (Phi) is 4.56. The Hall–Kier alpha value is -1.56. The standard InChI is InChI=1S/C15H18F3NO2/c1-8-4-11(5-9(2)19(8)3)21-15(20)10-6-12(16)14(18)13(17)7-10/h6-9,11H,4-5H2,1-3H3. The summed E-state index contributed by atoms with van der Waals surface area (Å²) in [6.45, 7) is 4.04. The van der Waals surface area contributed by atoms with Crippen LogP contribution in [0.3, 0.4) is 0 Å². The van der Waals surface area contributed by atoms with Crippen LogP contribution in [0.1, 0.15) is 37.0 Å². The van der Waals surface area contributed by atoms with E-state index in [-0.39, 0.29) is 23.8 Å². The Morgan fingerprint density at radius 1 is 1.14 bits per heavy atom. The summed E-state index contributed by atoms with van der Waals surface area (Å²) >= 11 is 0. The first-order valence-electron chi connectivity index (χ1n) is 6.87. The lowest BCUT2D eigenvalue weighted by molar-refractivity contribution is -0.00977. The highest BCUT2D eigenvalue weighted by molar-refractivity contribution is 5.89. The van der Waals surface area contributed by atoms with Crippen LogP contribution < -0.4 is 0 Å². The monoisotopic (exact) mass is 301 g/mol. The topological polar surface area (TPSA) is 29.5 Å². The summed E-state index contributed by atoms with van der Waals surface area (Å²) in [5, 5.41) is 0. The van der Waals surface area contributed by atoms with E-state index in [1.165, 1.54) is 0 Å². The predicted molar refractivity (Wildman–Crippen MR) is 71.4 cm³/mol. The molecule has 0 bridgehead atoms. The second-order valence-corrected chi connectivity index (χ2v) is 5.62. The molecule has 3 nitrogen and oxygen atoms in total. The van der Waals surface area contributed by atoms with E-state index in [1.54, 1.807) is 0 Å². The molecule has 0 amide bonds. The van der Waals surface area contributed by atoms with Gasteiger partial charge in [-0.2, -0.15) is 0 Å². The first-order valence-corrected chi connectivity index (χ1v) is 6.87. The van der Waals surface area contributed by atoms with Crippen LogP contribution in [-0.2, 0) is 4.74 Å². The molecule has 21 heavy (non-hydrogen) atoms. The Morgan fingerprint density at radius 3 is 2.10 bits per heavy atom. The number of esters is 1. The Labute approximate surface area is 121 Å². The molecule has 0 saturated carbocycles. The van der Waals surface area contributed by atoms with Gasteiger partial charge in [0.25, 0.3) is 0 Å². The second kappa shape index (κ2) is 6.05. The van der Waals surface area contributed by atoms with Crippen LogP contribution in [0.5, 0.6) is 0 Å². The summed E-state index contributed by atoms with van der Waals surface area (Å²) in [7, 11) is 2.00. The van der Waals surface area contributed by atoms with Gasteiger partial charge < -0.3 is 9.64 Å². The van der Waals surface area contributed by atoms with Crippen molar-refractivity contribution in [1.82, 2.24) is 4.90 Å². The average molecular weight is 301 g/mol. The maximum atomic E-state index is 13.1. The van der Waals surface area contributed by atoms with E-state index in [0.717, 1.165) is 0 Å². The Balaban J connectivity index is 2.08. The Morgan fingerprint density at radius 2 is 1.62 bits per heavy atom. The summed E-state index contributed by atoms with van der Waals surface area (Å²) < 4.78 is 44.4. The summed E-state index contributed by atoms with van der Waals surface area (Å²) in [4.78, 5) is 14.1. The molecular weight excluding hydrogens is 283 g/mol. The third-order valence-corrected chi connectivity index (χ3v) is 4.09. The van der Waals surface area contributed by atoms with Gasteiger partial charge in [-0.15, -0.1) is 0 Å². The molecule has 1 aromatic carbocycles. The third kappa shape index (κ3) is 3.37. The maximum absolute atomic E-state index is 13.1. The number of piperidine rings is 1. The predicted octanol–water partition coefficient (Wildman–Crippen LogP) is 3.13. The van der Waals surface area contributed by atoms with Crippen molar-refractivity contribution in [2.75, 3.05) is 7.05 Å². The van der Waals surface area contributed by atoms with Crippen molar-refractivity contribution < 1.29 is 22.7 Å². The fraction of sp³-hybridized carbons (Fsp3) is 0.533. The number of hydrogen-bond acceptors (Lipinski definition) is 3. The molecular formula is C15H18F3NO2. The van der Waals surface area contributed by atoms with Gasteiger partial charge in [-0.25, -0.2) is 18.0 Å². The summed E-state index contributed by atoms with van der Waals surface area (Å²) in [5.74, 6) is -5.21. The van der Waals surface area contributed by atoms with E-state index in [1.807, 2.05) is 20.9 Å². The van der Waals surface area contributed by atoms with Gasteiger partial charge in [0.05, 0.1) is 5.56 Å². The molecule has 1 saturated heterocycles. The molecule has 1 aliphatic heterocycles. The zero-order valence-electron chi connectivity index (χ0n) is 12.2. The molecule has 2 atom stereocenters. The molecule has 2 unspecified atom stereocenters. The largest absolute Gasteiger partial charge is 0.459 e. The SMILES string of the molecule is CC1CC(OC(=O)c2cc(F)c(F)c(F)c2)CC(C)N1C. The smallest absolute Gasteiger partial charge is 0.338 e. The van der Waals surface area contributed by atoms with Crippen LogP contribution >= 0.6 is 0 Å². The second-order valence-electron chi connectivity index (χ2n) is 5.62. The van der Waals surface area contributed by atoms with Gasteiger partial charge in [-0.05, 0) is 45.9 Å². The highest BCUT2D eigenvalue weighted by Crippen LogP contribution is 2.24. The summed E-state index contributed by atoms with van der Waals surface area (Å²) in [6, 6.07) is 1.80. The highest BCUT2D eigenvalue weighted by Gasteiger charge is 2.31. The van der Waals surface area contributed by atoms with Crippen LogP contribution in [0.25, 0.3) is 0 Å². The lowest BCUT2D eigenvalue weighted by atomic mass is 9.95. The van der Waals surface area contributed by atoms with E-state index in [2.05, 4.69) is 4.90 Å². The summed E-state index contributed by atoms with van der Waals surface area (Å²) in [5.41, 5.74) is -0.314. The molecule has 1 aromatic rings. The van der Waals surface area contributed by atoms with Gasteiger partial charge in [-0.3, -0.25) is 0 Å². The first-order chi connectivity index (χ1) is 9.79. The van der Waals surface area contributed by atoms with E-state index >= 15 is 0 Å².